The highest BCUT2D eigenvalue weighted by Crippen LogP contribution is 2.19. The topological polar surface area (TPSA) is 47.6 Å². The van der Waals surface area contributed by atoms with Crippen LogP contribution in [0, 0.1) is 0 Å². The minimum Gasteiger partial charge on any atom is -0.493 e. The van der Waals surface area contributed by atoms with Gasteiger partial charge in [0.2, 0.25) is 0 Å². The summed E-state index contributed by atoms with van der Waals surface area (Å²) in [6.45, 7) is 4.86. The molecule has 0 aromatic heterocycles. The SMILES string of the molecule is CC(C)c1ccc(OCC(=O)Nc2ccc(OCCc3ccccc3)cc2)cc1. The summed E-state index contributed by atoms with van der Waals surface area (Å²) in [7, 11) is 0. The third-order valence-electron chi connectivity index (χ3n) is 4.56. The second-order valence-electron chi connectivity index (χ2n) is 7.17. The van der Waals surface area contributed by atoms with Crippen LogP contribution in [0.2, 0.25) is 0 Å². The highest BCUT2D eigenvalue weighted by atomic mass is 16.5. The fourth-order valence-electron chi connectivity index (χ4n) is 2.86. The van der Waals surface area contributed by atoms with E-state index < -0.39 is 0 Å². The molecule has 0 bridgehead atoms. The van der Waals surface area contributed by atoms with Crippen molar-refractivity contribution in [2.45, 2.75) is 26.2 Å². The summed E-state index contributed by atoms with van der Waals surface area (Å²) in [4.78, 5) is 12.1. The zero-order valence-electron chi connectivity index (χ0n) is 16.9. The average molecular weight is 389 g/mol. The summed E-state index contributed by atoms with van der Waals surface area (Å²) in [6.07, 6.45) is 0.856. The van der Waals surface area contributed by atoms with Crippen LogP contribution >= 0.6 is 0 Å². The summed E-state index contributed by atoms with van der Waals surface area (Å²) < 4.78 is 11.3. The lowest BCUT2D eigenvalue weighted by Crippen LogP contribution is -2.20. The number of hydrogen-bond acceptors (Lipinski definition) is 3. The van der Waals surface area contributed by atoms with Gasteiger partial charge in [0, 0.05) is 12.1 Å². The number of amides is 1. The van der Waals surface area contributed by atoms with Crippen LogP contribution in [-0.4, -0.2) is 19.1 Å². The fraction of sp³-hybridized carbons (Fsp3) is 0.240. The summed E-state index contributed by atoms with van der Waals surface area (Å²) >= 11 is 0. The largest absolute Gasteiger partial charge is 0.493 e. The first-order valence-corrected chi connectivity index (χ1v) is 9.89. The van der Waals surface area contributed by atoms with Gasteiger partial charge in [-0.2, -0.15) is 0 Å². The van der Waals surface area contributed by atoms with Gasteiger partial charge in [-0.25, -0.2) is 0 Å². The van der Waals surface area contributed by atoms with Crippen molar-refractivity contribution in [1.29, 1.82) is 0 Å². The van der Waals surface area contributed by atoms with Crippen molar-refractivity contribution < 1.29 is 14.3 Å². The molecule has 0 spiro atoms. The lowest BCUT2D eigenvalue weighted by Gasteiger charge is -2.10. The van der Waals surface area contributed by atoms with E-state index in [0.717, 1.165) is 12.2 Å². The van der Waals surface area contributed by atoms with Crippen LogP contribution in [0.4, 0.5) is 5.69 Å². The summed E-state index contributed by atoms with van der Waals surface area (Å²) in [5.74, 6) is 1.74. The maximum atomic E-state index is 12.1. The number of carbonyl (C=O) groups excluding carboxylic acids is 1. The van der Waals surface area contributed by atoms with Crippen molar-refractivity contribution in [3.63, 3.8) is 0 Å². The number of anilines is 1. The number of ether oxygens (including phenoxy) is 2. The van der Waals surface area contributed by atoms with Gasteiger partial charge in [-0.1, -0.05) is 56.3 Å². The van der Waals surface area contributed by atoms with Gasteiger partial charge in [-0.05, 0) is 53.4 Å². The Morgan fingerprint density at radius 3 is 2.10 bits per heavy atom. The molecule has 1 N–H and O–H groups in total. The first-order chi connectivity index (χ1) is 14.1. The Morgan fingerprint density at radius 2 is 1.45 bits per heavy atom. The monoisotopic (exact) mass is 389 g/mol. The van der Waals surface area contributed by atoms with E-state index in [4.69, 9.17) is 9.47 Å². The molecule has 3 aromatic carbocycles. The molecular weight excluding hydrogens is 362 g/mol. The average Bonchev–Trinajstić information content (AvgIpc) is 2.74. The van der Waals surface area contributed by atoms with Gasteiger partial charge >= 0.3 is 0 Å². The fourth-order valence-corrected chi connectivity index (χ4v) is 2.86. The molecule has 0 heterocycles. The summed E-state index contributed by atoms with van der Waals surface area (Å²) in [5, 5.41) is 2.83. The lowest BCUT2D eigenvalue weighted by atomic mass is 10.0. The predicted octanol–water partition coefficient (Wildman–Crippen LogP) is 5.45. The van der Waals surface area contributed by atoms with Gasteiger partial charge in [0.05, 0.1) is 6.61 Å². The van der Waals surface area contributed by atoms with Gasteiger partial charge in [-0.15, -0.1) is 0 Å². The standard InChI is InChI=1S/C25H27NO3/c1-19(2)21-8-12-24(13-9-21)29-18-25(27)26-22-10-14-23(15-11-22)28-17-16-20-6-4-3-5-7-20/h3-15,19H,16-18H2,1-2H3,(H,26,27). The second-order valence-corrected chi connectivity index (χ2v) is 7.17. The Morgan fingerprint density at radius 1 is 0.828 bits per heavy atom. The molecule has 0 saturated carbocycles. The van der Waals surface area contributed by atoms with Crippen molar-refractivity contribution in [2.24, 2.45) is 0 Å². The Bertz CT molecular complexity index is 888. The molecule has 3 rings (SSSR count). The van der Waals surface area contributed by atoms with Crippen LogP contribution in [-0.2, 0) is 11.2 Å². The van der Waals surface area contributed by atoms with Crippen LogP contribution in [0.5, 0.6) is 11.5 Å². The van der Waals surface area contributed by atoms with E-state index in [1.54, 1.807) is 0 Å². The molecule has 0 fully saturated rings. The lowest BCUT2D eigenvalue weighted by molar-refractivity contribution is -0.118. The van der Waals surface area contributed by atoms with E-state index in [1.807, 2.05) is 66.7 Å². The zero-order chi connectivity index (χ0) is 20.5. The molecule has 0 radical (unpaired) electrons. The van der Waals surface area contributed by atoms with Crippen molar-refractivity contribution in [1.82, 2.24) is 0 Å². The molecule has 0 atom stereocenters. The Balaban J connectivity index is 1.41. The third-order valence-corrected chi connectivity index (χ3v) is 4.56. The molecule has 0 aliphatic rings. The van der Waals surface area contributed by atoms with Crippen LogP contribution < -0.4 is 14.8 Å². The van der Waals surface area contributed by atoms with Crippen molar-refractivity contribution >= 4 is 11.6 Å². The molecule has 4 heteroatoms. The molecule has 3 aromatic rings. The molecule has 0 aliphatic heterocycles. The maximum absolute atomic E-state index is 12.1. The Labute approximate surface area is 172 Å². The minimum absolute atomic E-state index is 0.0314. The van der Waals surface area contributed by atoms with Gasteiger partial charge in [0.1, 0.15) is 11.5 Å². The van der Waals surface area contributed by atoms with Crippen LogP contribution in [0.25, 0.3) is 0 Å². The first kappa shape index (κ1) is 20.5. The molecule has 1 amide bonds. The van der Waals surface area contributed by atoms with E-state index in [1.165, 1.54) is 11.1 Å². The molecule has 0 saturated heterocycles. The van der Waals surface area contributed by atoms with Gasteiger partial charge < -0.3 is 14.8 Å². The van der Waals surface area contributed by atoms with Crippen LogP contribution in [0.1, 0.15) is 30.9 Å². The van der Waals surface area contributed by atoms with E-state index in [-0.39, 0.29) is 12.5 Å². The van der Waals surface area contributed by atoms with E-state index >= 15 is 0 Å². The highest BCUT2D eigenvalue weighted by Gasteiger charge is 2.05. The van der Waals surface area contributed by atoms with E-state index in [0.29, 0.717) is 24.0 Å². The number of carbonyl (C=O) groups is 1. The number of hydrogen-bond donors (Lipinski definition) is 1. The second kappa shape index (κ2) is 10.3. The maximum Gasteiger partial charge on any atom is 0.262 e. The highest BCUT2D eigenvalue weighted by molar-refractivity contribution is 5.91. The number of rotatable bonds is 9. The first-order valence-electron chi connectivity index (χ1n) is 9.89. The normalized spacial score (nSPS) is 10.6. The van der Waals surface area contributed by atoms with E-state index in [2.05, 4.69) is 31.3 Å². The van der Waals surface area contributed by atoms with Crippen molar-refractivity contribution in [2.75, 3.05) is 18.5 Å². The third kappa shape index (κ3) is 6.68. The molecule has 150 valence electrons. The molecular formula is C25H27NO3. The Kier molecular flexibility index (Phi) is 7.28. The number of nitrogens with one attached hydrogen (secondary N) is 1. The molecule has 0 aliphatic carbocycles. The van der Waals surface area contributed by atoms with Gasteiger partial charge in [-0.3, -0.25) is 4.79 Å². The van der Waals surface area contributed by atoms with Gasteiger partial charge in [0.15, 0.2) is 6.61 Å². The Hall–Kier alpha value is -3.27. The molecule has 4 nitrogen and oxygen atoms in total. The van der Waals surface area contributed by atoms with Crippen molar-refractivity contribution in [3.8, 4) is 11.5 Å². The molecule has 0 unspecified atom stereocenters. The van der Waals surface area contributed by atoms with Crippen LogP contribution in [0.15, 0.2) is 78.9 Å². The predicted molar refractivity (Wildman–Crippen MR) is 117 cm³/mol. The van der Waals surface area contributed by atoms with Gasteiger partial charge in [0.25, 0.3) is 5.91 Å². The molecule has 29 heavy (non-hydrogen) atoms. The zero-order valence-corrected chi connectivity index (χ0v) is 16.9. The summed E-state index contributed by atoms with van der Waals surface area (Å²) in [5.41, 5.74) is 3.20. The van der Waals surface area contributed by atoms with Crippen molar-refractivity contribution in [3.05, 3.63) is 90.0 Å². The number of benzene rings is 3. The van der Waals surface area contributed by atoms with E-state index in [9.17, 15) is 4.79 Å². The summed E-state index contributed by atoms with van der Waals surface area (Å²) in [6, 6.07) is 25.4. The quantitative estimate of drug-likeness (QED) is 0.529. The smallest absolute Gasteiger partial charge is 0.262 e. The minimum atomic E-state index is -0.198. The van der Waals surface area contributed by atoms with Crippen LogP contribution in [0.3, 0.4) is 0 Å².